The van der Waals surface area contributed by atoms with Crippen LogP contribution >= 0.6 is 11.3 Å². The summed E-state index contributed by atoms with van der Waals surface area (Å²) in [6, 6.07) is 21.8. The number of para-hydroxylation sites is 1. The van der Waals surface area contributed by atoms with Crippen LogP contribution in [-0.2, 0) is 11.3 Å². The number of carbonyl (C=O) groups is 1. The molecular formula is C25H26N4O2S. The van der Waals surface area contributed by atoms with Gasteiger partial charge in [-0.15, -0.1) is 11.3 Å². The Morgan fingerprint density at radius 1 is 1.06 bits per heavy atom. The third kappa shape index (κ3) is 4.84. The molecule has 32 heavy (non-hydrogen) atoms. The molecule has 0 unspecified atom stereocenters. The van der Waals surface area contributed by atoms with Gasteiger partial charge >= 0.3 is 0 Å². The van der Waals surface area contributed by atoms with Crippen LogP contribution in [0.25, 0.3) is 5.69 Å². The molecule has 0 saturated heterocycles. The second kappa shape index (κ2) is 9.70. The summed E-state index contributed by atoms with van der Waals surface area (Å²) in [6.45, 7) is 4.75. The molecule has 0 atom stereocenters. The van der Waals surface area contributed by atoms with Gasteiger partial charge in [-0.05, 0) is 61.7 Å². The first-order chi connectivity index (χ1) is 15.5. The molecule has 2 aromatic carbocycles. The van der Waals surface area contributed by atoms with Crippen LogP contribution in [0.5, 0.6) is 5.75 Å². The Kier molecular flexibility index (Phi) is 6.56. The molecule has 6 nitrogen and oxygen atoms in total. The highest BCUT2D eigenvalue weighted by Gasteiger charge is 2.18. The number of amides is 1. The molecule has 4 rings (SSSR count). The number of ether oxygens (including phenoxy) is 1. The number of nitrogens with one attached hydrogen (secondary N) is 1. The predicted molar refractivity (Wildman–Crippen MR) is 130 cm³/mol. The van der Waals surface area contributed by atoms with Crippen molar-refractivity contribution < 1.29 is 9.53 Å². The standard InChI is InChI=1S/C25H26N4O2S/c1-18-25(19(2)29(27-18)21-8-5-4-6-9-21)26-24(30)17-28(16-23-10-7-15-32-23)20-11-13-22(31-3)14-12-20/h4-15H,16-17H2,1-3H3,(H,26,30). The predicted octanol–water partition coefficient (Wildman–Crippen LogP) is 5.20. The highest BCUT2D eigenvalue weighted by atomic mass is 32.1. The monoisotopic (exact) mass is 446 g/mol. The van der Waals surface area contributed by atoms with Crippen molar-refractivity contribution in [2.45, 2.75) is 20.4 Å². The average Bonchev–Trinajstić information content (AvgIpc) is 3.43. The second-order valence-electron chi connectivity index (χ2n) is 7.47. The van der Waals surface area contributed by atoms with Gasteiger partial charge in [0.2, 0.25) is 5.91 Å². The van der Waals surface area contributed by atoms with E-state index in [1.165, 1.54) is 4.88 Å². The quantitative estimate of drug-likeness (QED) is 0.404. The summed E-state index contributed by atoms with van der Waals surface area (Å²) >= 11 is 1.68. The number of hydrogen-bond donors (Lipinski definition) is 1. The van der Waals surface area contributed by atoms with E-state index in [4.69, 9.17) is 4.74 Å². The minimum atomic E-state index is -0.0869. The number of anilines is 2. The lowest BCUT2D eigenvalue weighted by Gasteiger charge is -2.24. The molecule has 0 aliphatic rings. The third-order valence-corrected chi connectivity index (χ3v) is 6.12. The Labute approximate surface area is 192 Å². The van der Waals surface area contributed by atoms with Gasteiger partial charge in [0, 0.05) is 10.6 Å². The van der Waals surface area contributed by atoms with E-state index in [2.05, 4.69) is 21.4 Å². The van der Waals surface area contributed by atoms with Crippen molar-refractivity contribution in [2.75, 3.05) is 23.9 Å². The smallest absolute Gasteiger partial charge is 0.244 e. The summed E-state index contributed by atoms with van der Waals surface area (Å²) in [5, 5.41) is 9.76. The van der Waals surface area contributed by atoms with Crippen molar-refractivity contribution in [1.82, 2.24) is 9.78 Å². The lowest BCUT2D eigenvalue weighted by Crippen LogP contribution is -2.33. The maximum Gasteiger partial charge on any atom is 0.244 e. The van der Waals surface area contributed by atoms with Crippen LogP contribution in [0, 0.1) is 13.8 Å². The molecule has 2 heterocycles. The Hall–Kier alpha value is -3.58. The molecule has 164 valence electrons. The Morgan fingerprint density at radius 2 is 1.81 bits per heavy atom. The van der Waals surface area contributed by atoms with E-state index >= 15 is 0 Å². The van der Waals surface area contributed by atoms with Crippen LogP contribution in [0.4, 0.5) is 11.4 Å². The van der Waals surface area contributed by atoms with Gasteiger partial charge in [-0.2, -0.15) is 5.10 Å². The Bertz CT molecular complexity index is 1170. The van der Waals surface area contributed by atoms with Crippen LogP contribution in [-0.4, -0.2) is 29.3 Å². The van der Waals surface area contributed by atoms with Gasteiger partial charge in [0.15, 0.2) is 0 Å². The first-order valence-electron chi connectivity index (χ1n) is 10.4. The van der Waals surface area contributed by atoms with E-state index in [-0.39, 0.29) is 12.5 Å². The van der Waals surface area contributed by atoms with E-state index < -0.39 is 0 Å². The lowest BCUT2D eigenvalue weighted by atomic mass is 10.2. The third-order valence-electron chi connectivity index (χ3n) is 5.26. The van der Waals surface area contributed by atoms with Crippen molar-refractivity contribution in [1.29, 1.82) is 0 Å². The van der Waals surface area contributed by atoms with E-state index in [0.717, 1.165) is 34.2 Å². The number of hydrogen-bond acceptors (Lipinski definition) is 5. The van der Waals surface area contributed by atoms with Gasteiger partial charge in [-0.3, -0.25) is 4.79 Å². The van der Waals surface area contributed by atoms with Gasteiger partial charge in [-0.1, -0.05) is 24.3 Å². The Morgan fingerprint density at radius 3 is 2.47 bits per heavy atom. The number of rotatable bonds is 8. The van der Waals surface area contributed by atoms with Crippen molar-refractivity contribution in [3.05, 3.63) is 88.4 Å². The fraction of sp³-hybridized carbons (Fsp3) is 0.200. The molecule has 2 aromatic heterocycles. The zero-order valence-electron chi connectivity index (χ0n) is 18.4. The first-order valence-corrected chi connectivity index (χ1v) is 11.3. The molecule has 0 aliphatic carbocycles. The van der Waals surface area contributed by atoms with Gasteiger partial charge < -0.3 is 15.0 Å². The van der Waals surface area contributed by atoms with Crippen molar-refractivity contribution >= 4 is 28.6 Å². The summed E-state index contributed by atoms with van der Waals surface area (Å²) in [5.41, 5.74) is 4.36. The molecule has 0 aliphatic heterocycles. The molecule has 0 bridgehead atoms. The normalized spacial score (nSPS) is 10.7. The summed E-state index contributed by atoms with van der Waals surface area (Å²) in [7, 11) is 1.64. The van der Waals surface area contributed by atoms with Crippen molar-refractivity contribution in [3.8, 4) is 11.4 Å². The number of aryl methyl sites for hydroxylation is 1. The van der Waals surface area contributed by atoms with E-state index in [0.29, 0.717) is 6.54 Å². The molecule has 0 radical (unpaired) electrons. The molecule has 7 heteroatoms. The summed E-state index contributed by atoms with van der Waals surface area (Å²) in [4.78, 5) is 16.3. The second-order valence-corrected chi connectivity index (χ2v) is 8.51. The van der Waals surface area contributed by atoms with Crippen LogP contribution in [0.3, 0.4) is 0 Å². The molecule has 0 fully saturated rings. The number of nitrogens with zero attached hydrogens (tertiary/aromatic N) is 3. The topological polar surface area (TPSA) is 59.4 Å². The molecule has 0 saturated carbocycles. The van der Waals surface area contributed by atoms with Crippen molar-refractivity contribution in [2.24, 2.45) is 0 Å². The molecule has 0 spiro atoms. The van der Waals surface area contributed by atoms with E-state index in [1.807, 2.05) is 84.6 Å². The van der Waals surface area contributed by atoms with Crippen LogP contribution in [0.1, 0.15) is 16.3 Å². The molecule has 4 aromatic rings. The number of benzene rings is 2. The highest BCUT2D eigenvalue weighted by molar-refractivity contribution is 7.09. The zero-order chi connectivity index (χ0) is 22.5. The SMILES string of the molecule is COc1ccc(N(CC(=O)Nc2c(C)nn(-c3ccccc3)c2C)Cc2cccs2)cc1. The summed E-state index contributed by atoms with van der Waals surface area (Å²) in [6.07, 6.45) is 0. The van der Waals surface area contributed by atoms with Crippen LogP contribution in [0.15, 0.2) is 72.1 Å². The number of thiophene rings is 1. The minimum Gasteiger partial charge on any atom is -0.497 e. The summed E-state index contributed by atoms with van der Waals surface area (Å²) in [5.74, 6) is 0.699. The number of aromatic nitrogens is 2. The zero-order valence-corrected chi connectivity index (χ0v) is 19.2. The van der Waals surface area contributed by atoms with Crippen molar-refractivity contribution in [3.63, 3.8) is 0 Å². The molecular weight excluding hydrogens is 420 g/mol. The van der Waals surface area contributed by atoms with E-state index in [1.54, 1.807) is 18.4 Å². The fourth-order valence-electron chi connectivity index (χ4n) is 3.62. The average molecular weight is 447 g/mol. The first kappa shape index (κ1) is 21.6. The molecule has 1 N–H and O–H groups in total. The van der Waals surface area contributed by atoms with E-state index in [9.17, 15) is 4.79 Å². The lowest BCUT2D eigenvalue weighted by molar-refractivity contribution is -0.115. The Balaban J connectivity index is 1.54. The van der Waals surface area contributed by atoms with Crippen LogP contribution in [0.2, 0.25) is 0 Å². The highest BCUT2D eigenvalue weighted by Crippen LogP contribution is 2.25. The van der Waals surface area contributed by atoms with Gasteiger partial charge in [0.25, 0.3) is 0 Å². The van der Waals surface area contributed by atoms with Gasteiger partial charge in [-0.25, -0.2) is 4.68 Å². The largest absolute Gasteiger partial charge is 0.497 e. The molecule has 1 amide bonds. The van der Waals surface area contributed by atoms with Crippen LogP contribution < -0.4 is 15.0 Å². The van der Waals surface area contributed by atoms with Gasteiger partial charge in [0.05, 0.1) is 43.0 Å². The minimum absolute atomic E-state index is 0.0869. The summed E-state index contributed by atoms with van der Waals surface area (Å²) < 4.78 is 7.13. The maximum atomic E-state index is 13.1. The number of methoxy groups -OCH3 is 1. The number of carbonyl (C=O) groups excluding carboxylic acids is 1. The maximum absolute atomic E-state index is 13.1. The van der Waals surface area contributed by atoms with Gasteiger partial charge in [0.1, 0.15) is 5.75 Å². The fourth-order valence-corrected chi connectivity index (χ4v) is 4.34.